The molecule has 37 heavy (non-hydrogen) atoms. The summed E-state index contributed by atoms with van der Waals surface area (Å²) >= 11 is 0. The molecule has 0 atom stereocenters. The van der Waals surface area contributed by atoms with E-state index in [0.717, 1.165) is 56.1 Å². The lowest BCUT2D eigenvalue weighted by Gasteiger charge is -2.36. The number of hydrogen-bond acceptors (Lipinski definition) is 7. The van der Waals surface area contributed by atoms with Crippen LogP contribution in [-0.2, 0) is 4.74 Å². The largest absolute Gasteiger partial charge is 0.491 e. The molecule has 1 heterocycles. The Morgan fingerprint density at radius 3 is 2.57 bits per heavy atom. The number of nitrogens with zero attached hydrogens (tertiary/aromatic N) is 2. The minimum atomic E-state index is -0.496. The summed E-state index contributed by atoms with van der Waals surface area (Å²) in [5, 5.41) is 36.3. The van der Waals surface area contributed by atoms with Crippen LogP contribution < -0.4 is 20.3 Å². The Labute approximate surface area is 218 Å². The van der Waals surface area contributed by atoms with Crippen LogP contribution in [0, 0.1) is 17.2 Å². The van der Waals surface area contributed by atoms with Gasteiger partial charge in [0.15, 0.2) is 0 Å². The SMILES string of the molecule is CN(C)c1cccc(C(=O)NC2=C/C(=C/N[C@H]3CC[C@@](O)(C4CC4)CC3)C(=N)C=C2OCC2CC2)[n+]1O. The summed E-state index contributed by atoms with van der Waals surface area (Å²) in [4.78, 5) is 14.9. The van der Waals surface area contributed by atoms with Gasteiger partial charge in [0.1, 0.15) is 5.76 Å². The first kappa shape index (κ1) is 25.3. The second-order valence-corrected chi connectivity index (χ2v) is 11.1. The van der Waals surface area contributed by atoms with E-state index < -0.39 is 11.5 Å². The van der Waals surface area contributed by atoms with Gasteiger partial charge in [-0.2, -0.15) is 0 Å². The predicted molar refractivity (Wildman–Crippen MR) is 139 cm³/mol. The van der Waals surface area contributed by atoms with Crippen molar-refractivity contribution in [3.63, 3.8) is 0 Å². The normalized spacial score (nSPS) is 26.8. The first-order valence-electron chi connectivity index (χ1n) is 13.3. The van der Waals surface area contributed by atoms with Crippen LogP contribution in [0.25, 0.3) is 0 Å². The zero-order chi connectivity index (χ0) is 26.2. The van der Waals surface area contributed by atoms with Gasteiger partial charge in [0.25, 0.3) is 5.91 Å². The zero-order valence-electron chi connectivity index (χ0n) is 21.7. The van der Waals surface area contributed by atoms with E-state index in [1.807, 2.05) is 6.20 Å². The molecule has 198 valence electrons. The standard InChI is InChI=1S/C28H37N5O4/c1-32(2)26-5-3-4-24(33(26)36)27(34)31-23-14-19(22(29)15-25(23)37-17-18-6-7-18)16-30-21-10-12-28(35,13-11-21)20-8-9-20/h3-5,14-16,18,20-21,29,34-36H,6-13,17H2,1-2H3/p+1/t21-,28-. The quantitative estimate of drug-likeness (QED) is 0.258. The van der Waals surface area contributed by atoms with Crippen LogP contribution in [0.2, 0.25) is 0 Å². The Morgan fingerprint density at radius 2 is 1.92 bits per heavy atom. The summed E-state index contributed by atoms with van der Waals surface area (Å²) in [6.07, 6.45) is 13.1. The third-order valence-corrected chi connectivity index (χ3v) is 7.87. The molecule has 0 aromatic carbocycles. The molecule has 4 aliphatic rings. The van der Waals surface area contributed by atoms with E-state index in [-0.39, 0.29) is 11.7 Å². The maximum atomic E-state index is 13.2. The lowest BCUT2D eigenvalue weighted by atomic mass is 9.79. The van der Waals surface area contributed by atoms with Crippen molar-refractivity contribution in [1.82, 2.24) is 10.6 Å². The lowest BCUT2D eigenvalue weighted by molar-refractivity contribution is -0.895. The number of nitrogens with one attached hydrogen (secondary N) is 3. The van der Waals surface area contributed by atoms with E-state index in [1.54, 1.807) is 49.3 Å². The molecule has 5 rings (SSSR count). The number of ether oxygens (including phenoxy) is 1. The maximum Gasteiger partial charge on any atom is 0.316 e. The van der Waals surface area contributed by atoms with Gasteiger partial charge < -0.3 is 31.1 Å². The van der Waals surface area contributed by atoms with Gasteiger partial charge in [-0.15, -0.1) is 0 Å². The summed E-state index contributed by atoms with van der Waals surface area (Å²) in [6, 6.07) is 5.22. The summed E-state index contributed by atoms with van der Waals surface area (Å²) in [5.41, 5.74) is 0.981. The molecule has 0 radical (unpaired) electrons. The van der Waals surface area contributed by atoms with E-state index in [2.05, 4.69) is 10.6 Å². The van der Waals surface area contributed by atoms with Crippen molar-refractivity contribution in [3.8, 4) is 0 Å². The molecular weight excluding hydrogens is 470 g/mol. The lowest BCUT2D eigenvalue weighted by Crippen LogP contribution is -2.45. The van der Waals surface area contributed by atoms with Crippen LogP contribution in [-0.4, -0.2) is 54.3 Å². The third-order valence-electron chi connectivity index (χ3n) is 7.87. The zero-order valence-corrected chi connectivity index (χ0v) is 21.7. The van der Waals surface area contributed by atoms with Gasteiger partial charge in [0.05, 0.1) is 37.7 Å². The predicted octanol–water partition coefficient (Wildman–Crippen LogP) is 2.79. The van der Waals surface area contributed by atoms with E-state index in [1.165, 1.54) is 0 Å². The van der Waals surface area contributed by atoms with Gasteiger partial charge in [-0.3, -0.25) is 9.69 Å². The van der Waals surface area contributed by atoms with E-state index >= 15 is 0 Å². The first-order valence-corrected chi connectivity index (χ1v) is 13.3. The van der Waals surface area contributed by atoms with Crippen molar-refractivity contribution < 1.29 is 24.6 Å². The van der Waals surface area contributed by atoms with Crippen molar-refractivity contribution in [1.29, 1.82) is 5.41 Å². The molecule has 0 unspecified atom stereocenters. The molecule has 0 aliphatic heterocycles. The van der Waals surface area contributed by atoms with Gasteiger partial charge in [0.2, 0.25) is 5.69 Å². The molecule has 4 aliphatic carbocycles. The summed E-state index contributed by atoms with van der Waals surface area (Å²) in [6.45, 7) is 0.547. The Hall–Kier alpha value is -3.33. The average molecular weight is 509 g/mol. The molecule has 3 saturated carbocycles. The highest BCUT2D eigenvalue weighted by atomic mass is 16.5. The summed E-state index contributed by atoms with van der Waals surface area (Å²) in [5.74, 6) is 1.43. The molecule has 0 spiro atoms. The van der Waals surface area contributed by atoms with Crippen molar-refractivity contribution in [3.05, 3.63) is 59.3 Å². The molecule has 1 aromatic rings. The van der Waals surface area contributed by atoms with Crippen LogP contribution in [0.3, 0.4) is 0 Å². The number of carbonyl (C=O) groups excluding carboxylic acids is 1. The van der Waals surface area contributed by atoms with Gasteiger partial charge in [-0.05, 0) is 86.1 Å². The number of anilines is 1. The molecule has 0 bridgehead atoms. The average Bonchev–Trinajstić information content (AvgIpc) is 3.77. The van der Waals surface area contributed by atoms with Crippen molar-refractivity contribution >= 4 is 17.4 Å². The Morgan fingerprint density at radius 1 is 1.19 bits per heavy atom. The van der Waals surface area contributed by atoms with E-state index in [0.29, 0.717) is 47.0 Å². The van der Waals surface area contributed by atoms with E-state index in [4.69, 9.17) is 10.1 Å². The number of aliphatic hydroxyl groups is 1. The highest BCUT2D eigenvalue weighted by Gasteiger charge is 2.45. The monoisotopic (exact) mass is 508 g/mol. The number of carbonyl (C=O) groups is 1. The summed E-state index contributed by atoms with van der Waals surface area (Å²) in [7, 11) is 3.57. The van der Waals surface area contributed by atoms with Gasteiger partial charge >= 0.3 is 5.82 Å². The molecule has 1 amide bonds. The Kier molecular flexibility index (Phi) is 6.98. The number of aromatic nitrogens is 1. The van der Waals surface area contributed by atoms with Gasteiger partial charge in [0, 0.05) is 30.0 Å². The van der Waals surface area contributed by atoms with E-state index in [9.17, 15) is 15.1 Å². The number of amides is 1. The topological polar surface area (TPSA) is 122 Å². The summed E-state index contributed by atoms with van der Waals surface area (Å²) < 4.78 is 6.86. The number of pyridine rings is 1. The van der Waals surface area contributed by atoms with Crippen LogP contribution >= 0.6 is 0 Å². The van der Waals surface area contributed by atoms with Crippen molar-refractivity contribution in [2.24, 2.45) is 11.8 Å². The van der Waals surface area contributed by atoms with Gasteiger partial charge in [-0.25, -0.2) is 0 Å². The smallest absolute Gasteiger partial charge is 0.316 e. The molecule has 1 aromatic heterocycles. The number of hydrogen-bond donors (Lipinski definition) is 5. The highest BCUT2D eigenvalue weighted by molar-refractivity contribution is 6.10. The van der Waals surface area contributed by atoms with Crippen LogP contribution in [0.4, 0.5) is 5.82 Å². The van der Waals surface area contributed by atoms with Crippen LogP contribution in [0.5, 0.6) is 0 Å². The minimum Gasteiger partial charge on any atom is -0.491 e. The molecular formula is C28H38N5O4+. The minimum absolute atomic E-state index is 0.0864. The van der Waals surface area contributed by atoms with Crippen molar-refractivity contribution in [2.45, 2.75) is 63.0 Å². The maximum absolute atomic E-state index is 13.2. The Balaban J connectivity index is 1.31. The molecule has 5 N–H and O–H groups in total. The fourth-order valence-corrected chi connectivity index (χ4v) is 5.13. The first-order chi connectivity index (χ1) is 17.7. The molecule has 9 heteroatoms. The second-order valence-electron chi connectivity index (χ2n) is 11.1. The fourth-order valence-electron chi connectivity index (χ4n) is 5.13. The second kappa shape index (κ2) is 10.2. The van der Waals surface area contributed by atoms with Crippen LogP contribution in [0.15, 0.2) is 53.6 Å². The number of rotatable bonds is 9. The fraction of sp³-hybridized carbons (Fsp3) is 0.536. The highest BCUT2D eigenvalue weighted by Crippen LogP contribution is 2.47. The van der Waals surface area contributed by atoms with Gasteiger partial charge in [-0.1, -0.05) is 0 Å². The van der Waals surface area contributed by atoms with Crippen LogP contribution in [0.1, 0.15) is 61.9 Å². The third kappa shape index (κ3) is 5.82. The van der Waals surface area contributed by atoms with Crippen molar-refractivity contribution in [2.75, 3.05) is 25.6 Å². The molecule has 9 nitrogen and oxygen atoms in total. The Bertz CT molecular complexity index is 1160. The molecule has 0 saturated heterocycles. The number of allylic oxidation sites excluding steroid dienone is 3. The molecule has 3 fully saturated rings.